The number of hydrogen-bond acceptors (Lipinski definition) is 7. The summed E-state index contributed by atoms with van der Waals surface area (Å²) in [7, 11) is 0. The molecule has 0 bridgehead atoms. The van der Waals surface area contributed by atoms with E-state index in [1.807, 2.05) is 0 Å². The van der Waals surface area contributed by atoms with Gasteiger partial charge in [0.15, 0.2) is 0 Å². The zero-order chi connectivity index (χ0) is 22.2. The summed E-state index contributed by atoms with van der Waals surface area (Å²) in [6.45, 7) is 9.50. The largest absolute Gasteiger partial charge is 0.464 e. The van der Waals surface area contributed by atoms with Crippen LogP contribution in [0.1, 0.15) is 54.4 Å². The lowest BCUT2D eigenvalue weighted by Gasteiger charge is -2.32. The summed E-state index contributed by atoms with van der Waals surface area (Å²) in [5.74, 6) is -6.48. The number of hydrogen-bond donors (Lipinski definition) is 1. The molecule has 0 aromatic rings. The number of carbonyl (C=O) groups is 4. The van der Waals surface area contributed by atoms with E-state index in [9.17, 15) is 19.2 Å². The normalized spacial score (nSPS) is 31.3. The van der Waals surface area contributed by atoms with E-state index in [4.69, 9.17) is 14.2 Å². The Morgan fingerprint density at radius 2 is 1.66 bits per heavy atom. The van der Waals surface area contributed by atoms with Gasteiger partial charge in [0.1, 0.15) is 17.1 Å². The summed E-state index contributed by atoms with van der Waals surface area (Å²) in [6.07, 6.45) is 0.318. The van der Waals surface area contributed by atoms with Gasteiger partial charge in [-0.2, -0.15) is 0 Å². The fourth-order valence-corrected chi connectivity index (χ4v) is 4.07. The van der Waals surface area contributed by atoms with Crippen LogP contribution in [-0.2, 0) is 33.4 Å². The fourth-order valence-electron chi connectivity index (χ4n) is 4.07. The standard InChI is InChI=1S/C20H30FNO7/c1-7-27-16(25)19(22-14(23)11(3)15(24)29-18(4,5)6)10-9-12-13(19)20(12,21)17(26)28-8-2/h11-13H,7-10H2,1-6H3,(H,22,23)/t11-,12+,13+,19-,20+/m1/s1. The molecule has 1 amide bonds. The Balaban J connectivity index is 2.26. The summed E-state index contributed by atoms with van der Waals surface area (Å²) < 4.78 is 30.5. The lowest BCUT2D eigenvalue weighted by atomic mass is 9.88. The maximum atomic E-state index is 15.4. The lowest BCUT2D eigenvalue weighted by molar-refractivity contribution is -0.165. The van der Waals surface area contributed by atoms with Crippen molar-refractivity contribution in [3.8, 4) is 0 Å². The number of fused-ring (bicyclic) bond motifs is 1. The van der Waals surface area contributed by atoms with Crippen LogP contribution in [0.3, 0.4) is 0 Å². The average molecular weight is 415 g/mol. The molecule has 2 fully saturated rings. The second-order valence-electron chi connectivity index (χ2n) is 8.55. The smallest absolute Gasteiger partial charge is 0.344 e. The van der Waals surface area contributed by atoms with Crippen LogP contribution in [0.2, 0.25) is 0 Å². The van der Waals surface area contributed by atoms with Crippen LogP contribution in [0.4, 0.5) is 4.39 Å². The highest BCUT2D eigenvalue weighted by molar-refractivity contribution is 6.01. The first-order valence-corrected chi connectivity index (χ1v) is 9.93. The maximum Gasteiger partial charge on any atom is 0.344 e. The van der Waals surface area contributed by atoms with E-state index in [0.29, 0.717) is 0 Å². The Morgan fingerprint density at radius 1 is 1.10 bits per heavy atom. The Kier molecular flexibility index (Phi) is 6.30. The number of nitrogens with one attached hydrogen (secondary N) is 1. The predicted molar refractivity (Wildman–Crippen MR) is 99.2 cm³/mol. The van der Waals surface area contributed by atoms with Gasteiger partial charge < -0.3 is 19.5 Å². The summed E-state index contributed by atoms with van der Waals surface area (Å²) in [4.78, 5) is 49.9. The highest BCUT2D eigenvalue weighted by Crippen LogP contribution is 2.67. The molecule has 2 rings (SSSR count). The van der Waals surface area contributed by atoms with E-state index in [1.54, 1.807) is 34.6 Å². The minimum atomic E-state index is -2.36. The monoisotopic (exact) mass is 415 g/mol. The van der Waals surface area contributed by atoms with Gasteiger partial charge in [-0.05, 0) is 54.4 Å². The van der Waals surface area contributed by atoms with Crippen molar-refractivity contribution in [1.29, 1.82) is 0 Å². The van der Waals surface area contributed by atoms with Gasteiger partial charge in [0, 0.05) is 11.8 Å². The third-order valence-electron chi connectivity index (χ3n) is 5.39. The maximum absolute atomic E-state index is 15.4. The molecule has 5 atom stereocenters. The van der Waals surface area contributed by atoms with Crippen molar-refractivity contribution in [2.75, 3.05) is 13.2 Å². The zero-order valence-electron chi connectivity index (χ0n) is 17.8. The van der Waals surface area contributed by atoms with E-state index in [0.717, 1.165) is 0 Å². The molecule has 8 nitrogen and oxygen atoms in total. The Labute approximate surface area is 169 Å². The molecule has 0 aliphatic heterocycles. The SMILES string of the molecule is CCOC(=O)[C@@]1(F)[C@H]2[C@@H]1CC[C@]2(NC(=O)[C@@H](C)C(=O)OC(C)(C)C)C(=O)OCC. The molecule has 2 saturated carbocycles. The second-order valence-corrected chi connectivity index (χ2v) is 8.55. The van der Waals surface area contributed by atoms with Crippen LogP contribution in [0.15, 0.2) is 0 Å². The fraction of sp³-hybridized carbons (Fsp3) is 0.800. The van der Waals surface area contributed by atoms with E-state index in [2.05, 4.69) is 5.32 Å². The Morgan fingerprint density at radius 3 is 2.17 bits per heavy atom. The zero-order valence-corrected chi connectivity index (χ0v) is 17.8. The van der Waals surface area contributed by atoms with Crippen LogP contribution in [-0.4, -0.2) is 53.8 Å². The summed E-state index contributed by atoms with van der Waals surface area (Å²) in [5.41, 5.74) is -4.88. The number of amides is 1. The molecule has 164 valence electrons. The van der Waals surface area contributed by atoms with Gasteiger partial charge in [0.05, 0.1) is 13.2 Å². The molecule has 0 saturated heterocycles. The summed E-state index contributed by atoms with van der Waals surface area (Å²) in [5, 5.41) is 2.52. The molecule has 1 N–H and O–H groups in total. The number of alkyl halides is 1. The molecule has 0 aromatic carbocycles. The van der Waals surface area contributed by atoms with Gasteiger partial charge in [-0.1, -0.05) is 0 Å². The number of rotatable bonds is 7. The van der Waals surface area contributed by atoms with E-state index in [1.165, 1.54) is 6.92 Å². The van der Waals surface area contributed by atoms with Gasteiger partial charge in [-0.25, -0.2) is 14.0 Å². The Bertz CT molecular complexity index is 703. The molecule has 0 heterocycles. The average Bonchev–Trinajstić information content (AvgIpc) is 3.03. The molecule has 9 heteroatoms. The Hall–Kier alpha value is -2.19. The van der Waals surface area contributed by atoms with Gasteiger partial charge >= 0.3 is 17.9 Å². The third kappa shape index (κ3) is 4.09. The van der Waals surface area contributed by atoms with Crippen LogP contribution < -0.4 is 5.32 Å². The molecule has 29 heavy (non-hydrogen) atoms. The number of ether oxygens (including phenoxy) is 3. The molecule has 2 aliphatic carbocycles. The molecule has 0 aromatic heterocycles. The predicted octanol–water partition coefficient (Wildman–Crippen LogP) is 1.69. The van der Waals surface area contributed by atoms with Gasteiger partial charge in [0.25, 0.3) is 0 Å². The third-order valence-corrected chi connectivity index (χ3v) is 5.39. The van der Waals surface area contributed by atoms with Crippen LogP contribution in [0.25, 0.3) is 0 Å². The first kappa shape index (κ1) is 23.1. The number of halogens is 1. The van der Waals surface area contributed by atoms with E-state index in [-0.39, 0.29) is 26.1 Å². The number of esters is 3. The van der Waals surface area contributed by atoms with E-state index >= 15 is 4.39 Å². The van der Waals surface area contributed by atoms with Crippen molar-refractivity contribution < 1.29 is 37.8 Å². The second kappa shape index (κ2) is 7.91. The van der Waals surface area contributed by atoms with Gasteiger partial charge in [-0.3, -0.25) is 9.59 Å². The van der Waals surface area contributed by atoms with Crippen molar-refractivity contribution >= 4 is 23.8 Å². The molecular formula is C20H30FNO7. The summed E-state index contributed by atoms with van der Waals surface area (Å²) in [6, 6.07) is 0. The van der Waals surface area contributed by atoms with Gasteiger partial charge in [0.2, 0.25) is 11.6 Å². The summed E-state index contributed by atoms with van der Waals surface area (Å²) >= 11 is 0. The molecule has 0 spiro atoms. The first-order chi connectivity index (χ1) is 13.3. The van der Waals surface area contributed by atoms with Crippen LogP contribution in [0.5, 0.6) is 0 Å². The van der Waals surface area contributed by atoms with Crippen LogP contribution >= 0.6 is 0 Å². The van der Waals surface area contributed by atoms with Crippen molar-refractivity contribution in [2.45, 2.75) is 71.2 Å². The van der Waals surface area contributed by atoms with Gasteiger partial charge in [-0.15, -0.1) is 0 Å². The van der Waals surface area contributed by atoms with Crippen LogP contribution in [0, 0.1) is 17.8 Å². The highest BCUT2D eigenvalue weighted by Gasteiger charge is 2.83. The van der Waals surface area contributed by atoms with Crippen molar-refractivity contribution in [3.63, 3.8) is 0 Å². The molecule has 0 radical (unpaired) electrons. The lowest BCUT2D eigenvalue weighted by Crippen LogP contribution is -2.59. The highest BCUT2D eigenvalue weighted by atomic mass is 19.1. The minimum absolute atomic E-state index is 0.00160. The van der Waals surface area contributed by atoms with Crippen molar-refractivity contribution in [3.05, 3.63) is 0 Å². The topological polar surface area (TPSA) is 108 Å². The van der Waals surface area contributed by atoms with Crippen molar-refractivity contribution in [2.24, 2.45) is 17.8 Å². The van der Waals surface area contributed by atoms with Crippen molar-refractivity contribution in [1.82, 2.24) is 5.32 Å². The first-order valence-electron chi connectivity index (χ1n) is 9.93. The molecular weight excluding hydrogens is 385 g/mol. The van der Waals surface area contributed by atoms with E-state index < -0.39 is 58.4 Å². The number of carbonyl (C=O) groups excluding carboxylic acids is 4. The minimum Gasteiger partial charge on any atom is -0.464 e. The molecule has 2 aliphatic rings. The quantitative estimate of drug-likeness (QED) is 0.383. The molecule has 0 unspecified atom stereocenters.